The van der Waals surface area contributed by atoms with Gasteiger partial charge in [-0.3, -0.25) is 14.4 Å². The maximum Gasteiger partial charge on any atom is 0.325 e. The number of hydrogen-bond acceptors (Lipinski definition) is 7. The maximum atomic E-state index is 12.5. The highest BCUT2D eigenvalue weighted by Crippen LogP contribution is 2.21. The van der Waals surface area contributed by atoms with Gasteiger partial charge in [0.15, 0.2) is 12.4 Å². The van der Waals surface area contributed by atoms with E-state index in [4.69, 9.17) is 9.47 Å². The van der Waals surface area contributed by atoms with Crippen LogP contribution in [0.3, 0.4) is 0 Å². The maximum absolute atomic E-state index is 12.5. The highest BCUT2D eigenvalue weighted by molar-refractivity contribution is 7.89. The second-order valence-electron chi connectivity index (χ2n) is 7.36. The number of nitrogens with zero attached hydrogens (tertiary/aromatic N) is 1. The summed E-state index contributed by atoms with van der Waals surface area (Å²) in [5.41, 5.74) is 0.577. The minimum absolute atomic E-state index is 0.120. The lowest BCUT2D eigenvalue weighted by Gasteiger charge is -2.15. The Kier molecular flexibility index (Phi) is 8.18. The lowest BCUT2D eigenvalue weighted by molar-refractivity contribution is -0.141. The van der Waals surface area contributed by atoms with E-state index >= 15 is 0 Å². The summed E-state index contributed by atoms with van der Waals surface area (Å²) in [7, 11) is -3.56. The lowest BCUT2D eigenvalue weighted by atomic mass is 10.1. The molecule has 0 aromatic heterocycles. The van der Waals surface area contributed by atoms with E-state index in [9.17, 15) is 22.8 Å². The van der Waals surface area contributed by atoms with Crippen LogP contribution in [0.5, 0.6) is 5.75 Å². The molecule has 0 bridgehead atoms. The van der Waals surface area contributed by atoms with Crippen molar-refractivity contribution < 1.29 is 32.3 Å². The molecule has 33 heavy (non-hydrogen) atoms. The Bertz CT molecular complexity index is 1090. The summed E-state index contributed by atoms with van der Waals surface area (Å²) in [5, 5.41) is 2.43. The Hall–Kier alpha value is -3.24. The monoisotopic (exact) mass is 474 g/mol. The Balaban J connectivity index is 1.46. The van der Waals surface area contributed by atoms with Gasteiger partial charge in [-0.15, -0.1) is 0 Å². The van der Waals surface area contributed by atoms with Crippen molar-refractivity contribution in [1.29, 1.82) is 0 Å². The highest BCUT2D eigenvalue weighted by Gasteiger charge is 2.27. The van der Waals surface area contributed by atoms with Crippen molar-refractivity contribution in [3.05, 3.63) is 59.7 Å². The van der Waals surface area contributed by atoms with Crippen molar-refractivity contribution in [2.24, 2.45) is 0 Å². The molecular weight excluding hydrogens is 448 g/mol. The average molecular weight is 475 g/mol. The molecule has 1 saturated heterocycles. The lowest BCUT2D eigenvalue weighted by Crippen LogP contribution is -2.31. The first-order chi connectivity index (χ1) is 15.8. The SMILES string of the molecule is CCOc1ccc(C(=O)NCC(=O)OCC(=O)c2ccc(S(=O)(=O)N3CCCC3)cc2)cc1. The van der Waals surface area contributed by atoms with Crippen molar-refractivity contribution in [2.45, 2.75) is 24.7 Å². The van der Waals surface area contributed by atoms with Crippen LogP contribution < -0.4 is 10.1 Å². The van der Waals surface area contributed by atoms with Gasteiger partial charge < -0.3 is 14.8 Å². The molecule has 0 saturated carbocycles. The molecule has 0 radical (unpaired) electrons. The zero-order chi connectivity index (χ0) is 23.8. The van der Waals surface area contributed by atoms with E-state index in [1.807, 2.05) is 6.92 Å². The van der Waals surface area contributed by atoms with E-state index in [0.717, 1.165) is 12.8 Å². The van der Waals surface area contributed by atoms with E-state index in [1.165, 1.54) is 28.6 Å². The van der Waals surface area contributed by atoms with Crippen LogP contribution in [-0.2, 0) is 19.6 Å². The van der Waals surface area contributed by atoms with Gasteiger partial charge >= 0.3 is 5.97 Å². The van der Waals surface area contributed by atoms with Crippen LogP contribution >= 0.6 is 0 Å². The molecule has 0 atom stereocenters. The minimum Gasteiger partial charge on any atom is -0.494 e. The van der Waals surface area contributed by atoms with Crippen molar-refractivity contribution in [3.63, 3.8) is 0 Å². The highest BCUT2D eigenvalue weighted by atomic mass is 32.2. The Morgan fingerprint density at radius 3 is 2.15 bits per heavy atom. The molecule has 1 heterocycles. The van der Waals surface area contributed by atoms with Gasteiger partial charge in [0.2, 0.25) is 10.0 Å². The first-order valence-corrected chi connectivity index (χ1v) is 12.1. The number of amides is 1. The third kappa shape index (κ3) is 6.39. The average Bonchev–Trinajstić information content (AvgIpc) is 3.38. The number of carbonyl (C=O) groups excluding carboxylic acids is 3. The molecule has 176 valence electrons. The third-order valence-electron chi connectivity index (χ3n) is 5.06. The van der Waals surface area contributed by atoms with Crippen molar-refractivity contribution in [3.8, 4) is 5.75 Å². The van der Waals surface area contributed by atoms with Crippen LogP contribution in [0.2, 0.25) is 0 Å². The number of ketones is 1. The number of benzene rings is 2. The Morgan fingerprint density at radius 1 is 0.939 bits per heavy atom. The number of carbonyl (C=O) groups is 3. The van der Waals surface area contributed by atoms with Gasteiger partial charge in [-0.05, 0) is 68.3 Å². The molecule has 1 aliphatic heterocycles. The van der Waals surface area contributed by atoms with E-state index in [0.29, 0.717) is 31.0 Å². The van der Waals surface area contributed by atoms with Gasteiger partial charge in [0.25, 0.3) is 5.91 Å². The van der Waals surface area contributed by atoms with E-state index in [2.05, 4.69) is 5.32 Å². The van der Waals surface area contributed by atoms with Gasteiger partial charge in [0.05, 0.1) is 11.5 Å². The van der Waals surface area contributed by atoms with E-state index in [-0.39, 0.29) is 10.5 Å². The van der Waals surface area contributed by atoms with Gasteiger partial charge in [0.1, 0.15) is 12.3 Å². The zero-order valence-electron chi connectivity index (χ0n) is 18.3. The first-order valence-electron chi connectivity index (χ1n) is 10.6. The molecule has 1 N–H and O–H groups in total. The van der Waals surface area contributed by atoms with Gasteiger partial charge in [-0.1, -0.05) is 0 Å². The Labute approximate surface area is 192 Å². The molecule has 0 unspecified atom stereocenters. The fourth-order valence-electron chi connectivity index (χ4n) is 3.29. The summed E-state index contributed by atoms with van der Waals surface area (Å²) in [5.74, 6) is -1.08. The third-order valence-corrected chi connectivity index (χ3v) is 6.98. The predicted molar refractivity (Wildman–Crippen MR) is 120 cm³/mol. The molecule has 1 amide bonds. The summed E-state index contributed by atoms with van der Waals surface area (Å²) in [4.78, 5) is 36.4. The van der Waals surface area contributed by atoms with Crippen LogP contribution in [0.1, 0.15) is 40.5 Å². The Morgan fingerprint density at radius 2 is 1.55 bits per heavy atom. The summed E-state index contributed by atoms with van der Waals surface area (Å²) < 4.78 is 36.7. The van der Waals surface area contributed by atoms with E-state index < -0.39 is 40.8 Å². The minimum atomic E-state index is -3.56. The number of rotatable bonds is 10. The normalized spacial score (nSPS) is 14.0. The topological polar surface area (TPSA) is 119 Å². The van der Waals surface area contributed by atoms with Crippen LogP contribution in [0.15, 0.2) is 53.4 Å². The fraction of sp³-hybridized carbons (Fsp3) is 0.348. The van der Waals surface area contributed by atoms with Crippen LogP contribution in [0.4, 0.5) is 0 Å². The summed E-state index contributed by atoms with van der Waals surface area (Å²) in [6.45, 7) is 2.44. The fourth-order valence-corrected chi connectivity index (χ4v) is 4.81. The van der Waals surface area contributed by atoms with Crippen LogP contribution in [0, 0.1) is 0 Å². The van der Waals surface area contributed by atoms with Crippen molar-refractivity contribution >= 4 is 27.7 Å². The van der Waals surface area contributed by atoms with Gasteiger partial charge in [-0.25, -0.2) is 8.42 Å². The number of sulfonamides is 1. The summed E-state index contributed by atoms with van der Waals surface area (Å²) in [6, 6.07) is 12.0. The molecule has 10 heteroatoms. The molecule has 2 aromatic rings. The molecule has 2 aromatic carbocycles. The van der Waals surface area contributed by atoms with Crippen molar-refractivity contribution in [2.75, 3.05) is 32.8 Å². The molecule has 3 rings (SSSR count). The van der Waals surface area contributed by atoms with Gasteiger partial charge in [-0.2, -0.15) is 4.31 Å². The quantitative estimate of drug-likeness (QED) is 0.413. The number of hydrogen-bond donors (Lipinski definition) is 1. The number of esters is 1. The summed E-state index contributed by atoms with van der Waals surface area (Å²) >= 11 is 0. The summed E-state index contributed by atoms with van der Waals surface area (Å²) in [6.07, 6.45) is 1.67. The second kappa shape index (κ2) is 11.1. The predicted octanol–water partition coefficient (Wildman–Crippen LogP) is 2.03. The molecule has 1 fully saturated rings. The van der Waals surface area contributed by atoms with Gasteiger partial charge in [0, 0.05) is 24.2 Å². The number of Topliss-reactive ketones (excluding diaryl/α,β-unsaturated/α-hetero) is 1. The van der Waals surface area contributed by atoms with Crippen molar-refractivity contribution in [1.82, 2.24) is 9.62 Å². The standard InChI is InChI=1S/C23H26N2O7S/c1-2-31-19-9-5-18(6-10-19)23(28)24-15-22(27)32-16-21(26)17-7-11-20(12-8-17)33(29,30)25-13-3-4-14-25/h5-12H,2-4,13-16H2,1H3,(H,24,28). The zero-order valence-corrected chi connectivity index (χ0v) is 19.1. The first kappa shape index (κ1) is 24.4. The molecule has 9 nitrogen and oxygen atoms in total. The smallest absolute Gasteiger partial charge is 0.325 e. The molecule has 1 aliphatic rings. The van der Waals surface area contributed by atoms with Crippen LogP contribution in [0.25, 0.3) is 0 Å². The molecule has 0 spiro atoms. The number of ether oxygens (including phenoxy) is 2. The molecule has 0 aliphatic carbocycles. The number of nitrogens with one attached hydrogen (secondary N) is 1. The van der Waals surface area contributed by atoms with Crippen LogP contribution in [-0.4, -0.2) is 63.2 Å². The second-order valence-corrected chi connectivity index (χ2v) is 9.30. The largest absolute Gasteiger partial charge is 0.494 e. The van der Waals surface area contributed by atoms with E-state index in [1.54, 1.807) is 24.3 Å². The molecular formula is C23H26N2O7S.